The third-order valence-corrected chi connectivity index (χ3v) is 5.01. The number of hydrogen-bond donors (Lipinski definition) is 2. The molecule has 11 heteroatoms. The van der Waals surface area contributed by atoms with Crippen LogP contribution in [0.25, 0.3) is 0 Å². The van der Waals surface area contributed by atoms with Gasteiger partial charge in [-0.15, -0.1) is 10.2 Å². The van der Waals surface area contributed by atoms with Crippen molar-refractivity contribution >= 4 is 55.4 Å². The lowest BCUT2D eigenvalue weighted by atomic mass is 10.3. The van der Waals surface area contributed by atoms with E-state index >= 15 is 0 Å². The maximum atomic E-state index is 11.9. The van der Waals surface area contributed by atoms with Gasteiger partial charge in [0.15, 0.2) is 9.84 Å². The summed E-state index contributed by atoms with van der Waals surface area (Å²) in [5, 5.41) is 13.4. The van der Waals surface area contributed by atoms with Gasteiger partial charge in [0.05, 0.1) is 0 Å². The second-order valence-corrected chi connectivity index (χ2v) is 8.44. The third-order valence-electron chi connectivity index (χ3n) is 2.60. The maximum Gasteiger partial charge on any atom is 0.241 e. The Labute approximate surface area is 147 Å². The van der Waals surface area contributed by atoms with Crippen molar-refractivity contribution in [3.05, 3.63) is 34.3 Å². The van der Waals surface area contributed by atoms with Gasteiger partial charge in [0.2, 0.25) is 16.9 Å². The Balaban J connectivity index is 1.88. The molecule has 2 rings (SSSR count). The molecule has 0 aliphatic carbocycles. The highest BCUT2D eigenvalue weighted by Crippen LogP contribution is 2.14. The number of aromatic nitrogens is 2. The zero-order valence-electron chi connectivity index (χ0n) is 12.4. The van der Waals surface area contributed by atoms with Crippen molar-refractivity contribution in [3.8, 4) is 0 Å². The molecule has 0 unspecified atom stereocenters. The van der Waals surface area contributed by atoms with E-state index in [4.69, 9.17) is 11.6 Å². The van der Waals surface area contributed by atoms with Crippen molar-refractivity contribution in [2.24, 2.45) is 0 Å². The second-order valence-electron chi connectivity index (χ2n) is 4.76. The van der Waals surface area contributed by atoms with Crippen LogP contribution in [0.5, 0.6) is 0 Å². The first kappa shape index (κ1) is 18.3. The molecule has 0 aliphatic heterocycles. The van der Waals surface area contributed by atoms with E-state index in [1.54, 1.807) is 19.1 Å². The molecule has 1 aromatic heterocycles. The van der Waals surface area contributed by atoms with E-state index in [0.717, 1.165) is 11.3 Å². The topological polar surface area (TPSA) is 118 Å². The molecule has 24 heavy (non-hydrogen) atoms. The SMILES string of the molecule is Cc1nnc(NC(=O)CS(=O)(=O)CC(=O)Nc2ccc(Cl)cc2)s1. The molecule has 0 fully saturated rings. The van der Waals surface area contributed by atoms with Crippen LogP contribution >= 0.6 is 22.9 Å². The highest BCUT2D eigenvalue weighted by atomic mass is 35.5. The summed E-state index contributed by atoms with van der Waals surface area (Å²) in [6.45, 7) is 1.70. The van der Waals surface area contributed by atoms with Gasteiger partial charge in [-0.3, -0.25) is 14.9 Å². The quantitative estimate of drug-likeness (QED) is 0.774. The minimum Gasteiger partial charge on any atom is -0.325 e. The van der Waals surface area contributed by atoms with Crippen molar-refractivity contribution in [1.82, 2.24) is 10.2 Å². The van der Waals surface area contributed by atoms with Gasteiger partial charge >= 0.3 is 0 Å². The lowest BCUT2D eigenvalue weighted by Crippen LogP contribution is -2.30. The Morgan fingerprint density at radius 2 is 1.67 bits per heavy atom. The number of rotatable bonds is 6. The van der Waals surface area contributed by atoms with Crippen LogP contribution in [0.2, 0.25) is 5.02 Å². The fourth-order valence-corrected chi connectivity index (χ4v) is 3.46. The minimum absolute atomic E-state index is 0.207. The summed E-state index contributed by atoms with van der Waals surface area (Å²) in [7, 11) is -3.92. The van der Waals surface area contributed by atoms with Gasteiger partial charge in [0.25, 0.3) is 0 Å². The standard InChI is InChI=1S/C13H13ClN4O4S2/c1-8-17-18-13(23-8)16-12(20)7-24(21,22)6-11(19)15-10-4-2-9(14)3-5-10/h2-5H,6-7H2,1H3,(H,15,19)(H,16,18,20). The van der Waals surface area contributed by atoms with Crippen molar-refractivity contribution in [2.45, 2.75) is 6.92 Å². The molecule has 0 saturated heterocycles. The van der Waals surface area contributed by atoms with Crippen LogP contribution < -0.4 is 10.6 Å². The summed E-state index contributed by atoms with van der Waals surface area (Å²) >= 11 is 6.84. The van der Waals surface area contributed by atoms with Gasteiger partial charge in [-0.1, -0.05) is 22.9 Å². The van der Waals surface area contributed by atoms with Gasteiger partial charge < -0.3 is 5.32 Å². The van der Waals surface area contributed by atoms with Gasteiger partial charge in [0, 0.05) is 10.7 Å². The van der Waals surface area contributed by atoms with Crippen molar-refractivity contribution < 1.29 is 18.0 Å². The van der Waals surface area contributed by atoms with E-state index in [1.165, 1.54) is 12.1 Å². The zero-order valence-corrected chi connectivity index (χ0v) is 14.8. The van der Waals surface area contributed by atoms with E-state index < -0.39 is 33.2 Å². The van der Waals surface area contributed by atoms with E-state index in [9.17, 15) is 18.0 Å². The normalized spacial score (nSPS) is 11.1. The van der Waals surface area contributed by atoms with Crippen LogP contribution in [0.4, 0.5) is 10.8 Å². The number of carbonyl (C=O) groups is 2. The molecule has 0 bridgehead atoms. The number of anilines is 2. The predicted molar refractivity (Wildman–Crippen MR) is 92.0 cm³/mol. The molecule has 2 amide bonds. The fraction of sp³-hybridized carbons (Fsp3) is 0.231. The Hall–Kier alpha value is -2.04. The average molecular weight is 389 g/mol. The Morgan fingerprint density at radius 1 is 1.08 bits per heavy atom. The van der Waals surface area contributed by atoms with E-state index in [1.807, 2.05) is 0 Å². The van der Waals surface area contributed by atoms with Crippen molar-refractivity contribution in [2.75, 3.05) is 22.1 Å². The van der Waals surface area contributed by atoms with Gasteiger partial charge in [-0.05, 0) is 31.2 Å². The number of nitrogens with zero attached hydrogens (tertiary/aromatic N) is 2. The Morgan fingerprint density at radius 3 is 2.21 bits per heavy atom. The molecule has 0 spiro atoms. The van der Waals surface area contributed by atoms with Gasteiger partial charge in [0.1, 0.15) is 16.5 Å². The summed E-state index contributed by atoms with van der Waals surface area (Å²) in [5.41, 5.74) is 0.411. The summed E-state index contributed by atoms with van der Waals surface area (Å²) in [4.78, 5) is 23.5. The first-order valence-electron chi connectivity index (χ1n) is 6.59. The highest BCUT2D eigenvalue weighted by Gasteiger charge is 2.21. The first-order chi connectivity index (χ1) is 11.2. The van der Waals surface area contributed by atoms with Gasteiger partial charge in [-0.2, -0.15) is 0 Å². The minimum atomic E-state index is -3.92. The molecular weight excluding hydrogens is 376 g/mol. The smallest absolute Gasteiger partial charge is 0.241 e. The van der Waals surface area contributed by atoms with E-state index in [0.29, 0.717) is 15.7 Å². The monoisotopic (exact) mass is 388 g/mol. The number of hydrogen-bond acceptors (Lipinski definition) is 7. The fourth-order valence-electron chi connectivity index (χ4n) is 1.68. The summed E-state index contributed by atoms with van der Waals surface area (Å²) in [5.74, 6) is -3.14. The molecule has 128 valence electrons. The summed E-state index contributed by atoms with van der Waals surface area (Å²) in [6.07, 6.45) is 0. The molecule has 0 aliphatic rings. The van der Waals surface area contributed by atoms with Crippen LogP contribution in [0.1, 0.15) is 5.01 Å². The van der Waals surface area contributed by atoms with Crippen molar-refractivity contribution in [3.63, 3.8) is 0 Å². The molecular formula is C13H13ClN4O4S2. The lowest BCUT2D eigenvalue weighted by Gasteiger charge is -2.06. The molecule has 2 aromatic rings. The van der Waals surface area contributed by atoms with Crippen molar-refractivity contribution in [1.29, 1.82) is 0 Å². The van der Waals surface area contributed by atoms with Gasteiger partial charge in [-0.25, -0.2) is 8.42 Å². The third kappa shape index (κ3) is 5.87. The lowest BCUT2D eigenvalue weighted by molar-refractivity contribution is -0.114. The largest absolute Gasteiger partial charge is 0.325 e. The molecule has 1 aromatic carbocycles. The molecule has 0 atom stereocenters. The number of nitrogens with one attached hydrogen (secondary N) is 2. The number of sulfone groups is 1. The first-order valence-corrected chi connectivity index (χ1v) is 9.61. The number of aryl methyl sites for hydroxylation is 1. The number of halogens is 1. The molecule has 2 N–H and O–H groups in total. The number of benzene rings is 1. The highest BCUT2D eigenvalue weighted by molar-refractivity contribution is 7.92. The van der Waals surface area contributed by atoms with Crippen LogP contribution in [-0.2, 0) is 19.4 Å². The van der Waals surface area contributed by atoms with Crippen LogP contribution in [0, 0.1) is 6.92 Å². The number of carbonyl (C=O) groups excluding carboxylic acids is 2. The second kappa shape index (κ2) is 7.69. The molecule has 0 saturated carbocycles. The summed E-state index contributed by atoms with van der Waals surface area (Å²) < 4.78 is 23.8. The van der Waals surface area contributed by atoms with Crippen LogP contribution in [0.15, 0.2) is 24.3 Å². The van der Waals surface area contributed by atoms with Crippen LogP contribution in [-0.4, -0.2) is 41.9 Å². The Kier molecular flexibility index (Phi) is 5.86. The molecule has 1 heterocycles. The molecule has 0 radical (unpaired) electrons. The number of amides is 2. The maximum absolute atomic E-state index is 11.9. The average Bonchev–Trinajstić information content (AvgIpc) is 2.85. The van der Waals surface area contributed by atoms with Crippen LogP contribution in [0.3, 0.4) is 0 Å². The predicted octanol–water partition coefficient (Wildman–Crippen LogP) is 1.49. The Bertz CT molecular complexity index is 849. The van der Waals surface area contributed by atoms with E-state index in [2.05, 4.69) is 20.8 Å². The van der Waals surface area contributed by atoms with E-state index in [-0.39, 0.29) is 5.13 Å². The summed E-state index contributed by atoms with van der Waals surface area (Å²) in [6, 6.07) is 6.20. The zero-order chi connectivity index (χ0) is 17.7. The molecule has 8 nitrogen and oxygen atoms in total.